The number of hydrogen-bond donors (Lipinski definition) is 1. The summed E-state index contributed by atoms with van der Waals surface area (Å²) in [4.78, 5) is 15.8. The third-order valence-corrected chi connectivity index (χ3v) is 4.76. The van der Waals surface area contributed by atoms with Gasteiger partial charge in [-0.15, -0.1) is 21.5 Å². The molecule has 0 spiro atoms. The largest absolute Gasteiger partial charge is 0.493 e. The second kappa shape index (κ2) is 8.68. The van der Waals surface area contributed by atoms with E-state index in [1.165, 1.54) is 23.1 Å². The van der Waals surface area contributed by atoms with E-state index < -0.39 is 0 Å². The van der Waals surface area contributed by atoms with Crippen LogP contribution in [0.25, 0.3) is 0 Å². The van der Waals surface area contributed by atoms with Gasteiger partial charge in [-0.1, -0.05) is 17.8 Å². The van der Waals surface area contributed by atoms with Gasteiger partial charge in [-0.05, 0) is 17.7 Å². The highest BCUT2D eigenvalue weighted by molar-refractivity contribution is 7.99. The number of nitrogens with one attached hydrogen (secondary N) is 1. The fraction of sp³-hybridized carbons (Fsp3) is 0.250. The second-order valence-corrected chi connectivity index (χ2v) is 6.82. The van der Waals surface area contributed by atoms with Crippen molar-refractivity contribution in [1.29, 1.82) is 0 Å². The van der Waals surface area contributed by atoms with Gasteiger partial charge in [0.15, 0.2) is 16.6 Å². The van der Waals surface area contributed by atoms with E-state index in [2.05, 4.69) is 20.5 Å². The van der Waals surface area contributed by atoms with Gasteiger partial charge in [-0.25, -0.2) is 4.98 Å². The summed E-state index contributed by atoms with van der Waals surface area (Å²) in [6.07, 6.45) is 2.09. The Morgan fingerprint density at radius 1 is 1.27 bits per heavy atom. The molecule has 1 amide bonds. The summed E-state index contributed by atoms with van der Waals surface area (Å²) in [5.41, 5.74) is 0.948. The van der Waals surface area contributed by atoms with Gasteiger partial charge in [0.05, 0.1) is 26.4 Å². The van der Waals surface area contributed by atoms with Crippen LogP contribution in [-0.2, 0) is 11.2 Å². The average molecular weight is 392 g/mol. The molecule has 0 atom stereocenters. The van der Waals surface area contributed by atoms with Crippen molar-refractivity contribution in [2.45, 2.75) is 11.6 Å². The molecule has 0 aliphatic carbocycles. The van der Waals surface area contributed by atoms with Crippen molar-refractivity contribution in [3.8, 4) is 11.5 Å². The lowest BCUT2D eigenvalue weighted by Crippen LogP contribution is -2.13. The van der Waals surface area contributed by atoms with Gasteiger partial charge < -0.3 is 19.2 Å². The van der Waals surface area contributed by atoms with Crippen molar-refractivity contribution in [2.24, 2.45) is 0 Å². The number of hydrogen-bond acceptors (Lipinski definition) is 9. The number of ether oxygens (including phenoxy) is 2. The Morgan fingerprint density at radius 3 is 2.85 bits per heavy atom. The Labute approximate surface area is 157 Å². The van der Waals surface area contributed by atoms with E-state index in [4.69, 9.17) is 13.9 Å². The maximum Gasteiger partial charge on any atom is 0.277 e. The van der Waals surface area contributed by atoms with Crippen molar-refractivity contribution in [3.63, 3.8) is 0 Å². The van der Waals surface area contributed by atoms with Gasteiger partial charge in [0, 0.05) is 11.6 Å². The molecular weight excluding hydrogens is 376 g/mol. The molecule has 0 saturated carbocycles. The number of methoxy groups -OCH3 is 2. The lowest BCUT2D eigenvalue weighted by atomic mass is 10.1. The third kappa shape index (κ3) is 4.73. The molecule has 136 valence electrons. The molecule has 0 aliphatic rings. The van der Waals surface area contributed by atoms with Crippen LogP contribution < -0.4 is 14.8 Å². The fourth-order valence-electron chi connectivity index (χ4n) is 2.10. The number of nitrogens with zero attached hydrogens (tertiary/aromatic N) is 3. The number of amides is 1. The molecule has 8 nitrogen and oxygen atoms in total. The van der Waals surface area contributed by atoms with Crippen LogP contribution in [0.15, 0.2) is 39.4 Å². The molecule has 1 N–H and O–H groups in total. The lowest BCUT2D eigenvalue weighted by Gasteiger charge is -2.08. The number of anilines is 1. The van der Waals surface area contributed by atoms with Crippen molar-refractivity contribution in [1.82, 2.24) is 15.2 Å². The van der Waals surface area contributed by atoms with Crippen LogP contribution in [0.2, 0.25) is 0 Å². The molecule has 26 heavy (non-hydrogen) atoms. The predicted molar refractivity (Wildman–Crippen MR) is 98.1 cm³/mol. The molecule has 0 unspecified atom stereocenters. The van der Waals surface area contributed by atoms with Crippen LogP contribution in [0.3, 0.4) is 0 Å². The maximum absolute atomic E-state index is 11.8. The minimum absolute atomic E-state index is 0.164. The molecule has 0 bridgehead atoms. The van der Waals surface area contributed by atoms with Gasteiger partial charge in [0.2, 0.25) is 11.8 Å². The Balaban J connectivity index is 1.55. The normalized spacial score (nSPS) is 10.5. The van der Waals surface area contributed by atoms with E-state index in [9.17, 15) is 4.79 Å². The molecular formula is C16H16N4O4S2. The average Bonchev–Trinajstić information content (AvgIpc) is 3.32. The third-order valence-electron chi connectivity index (χ3n) is 3.26. The number of thioether (sulfide) groups is 1. The van der Waals surface area contributed by atoms with Gasteiger partial charge in [-0.3, -0.25) is 4.79 Å². The first-order valence-corrected chi connectivity index (χ1v) is 9.40. The highest BCUT2D eigenvalue weighted by Crippen LogP contribution is 2.28. The van der Waals surface area contributed by atoms with Gasteiger partial charge in [0.25, 0.3) is 5.22 Å². The van der Waals surface area contributed by atoms with Crippen molar-refractivity contribution in [2.75, 3.05) is 25.3 Å². The molecule has 0 saturated heterocycles. The molecule has 2 aromatic heterocycles. The summed E-state index contributed by atoms with van der Waals surface area (Å²) >= 11 is 2.54. The van der Waals surface area contributed by atoms with Crippen molar-refractivity contribution < 1.29 is 18.7 Å². The zero-order valence-electron chi connectivity index (χ0n) is 14.1. The minimum Gasteiger partial charge on any atom is -0.493 e. The molecule has 3 rings (SSSR count). The first-order valence-electron chi connectivity index (χ1n) is 7.53. The fourth-order valence-corrected chi connectivity index (χ4v) is 3.23. The standard InChI is InChI=1S/C16H16N4O4S2/c1-22-11-4-3-10(7-12(11)23-2)8-14-19-20-16(24-14)26-9-13(21)18-15-17-5-6-25-15/h3-7H,8-9H2,1-2H3,(H,17,18,21). The Bertz CT molecular complexity index is 867. The number of rotatable bonds is 8. The van der Waals surface area contributed by atoms with Crippen LogP contribution in [0.1, 0.15) is 11.5 Å². The number of thiazole rings is 1. The van der Waals surface area contributed by atoms with Gasteiger partial charge >= 0.3 is 0 Å². The molecule has 0 aliphatic heterocycles. The summed E-state index contributed by atoms with van der Waals surface area (Å²) in [5.74, 6) is 1.74. The molecule has 2 heterocycles. The molecule has 10 heteroatoms. The minimum atomic E-state index is -0.176. The highest BCUT2D eigenvalue weighted by Gasteiger charge is 2.12. The topological polar surface area (TPSA) is 99.4 Å². The maximum atomic E-state index is 11.8. The summed E-state index contributed by atoms with van der Waals surface area (Å²) in [6.45, 7) is 0. The van der Waals surface area contributed by atoms with E-state index in [1.54, 1.807) is 25.8 Å². The monoisotopic (exact) mass is 392 g/mol. The summed E-state index contributed by atoms with van der Waals surface area (Å²) in [6, 6.07) is 5.58. The van der Waals surface area contributed by atoms with Gasteiger partial charge in [0.1, 0.15) is 0 Å². The SMILES string of the molecule is COc1ccc(Cc2nnc(SCC(=O)Nc3nccs3)o2)cc1OC. The van der Waals surface area contributed by atoms with E-state index in [-0.39, 0.29) is 11.7 Å². The molecule has 0 fully saturated rings. The van der Waals surface area contributed by atoms with Crippen molar-refractivity contribution >= 4 is 34.1 Å². The first-order chi connectivity index (χ1) is 12.7. The van der Waals surface area contributed by atoms with E-state index >= 15 is 0 Å². The summed E-state index contributed by atoms with van der Waals surface area (Å²) < 4.78 is 16.1. The number of carbonyl (C=O) groups is 1. The number of carbonyl (C=O) groups excluding carboxylic acids is 1. The zero-order chi connectivity index (χ0) is 18.4. The zero-order valence-corrected chi connectivity index (χ0v) is 15.7. The van der Waals surface area contributed by atoms with Crippen molar-refractivity contribution in [3.05, 3.63) is 41.2 Å². The Morgan fingerprint density at radius 2 is 2.12 bits per heavy atom. The lowest BCUT2D eigenvalue weighted by molar-refractivity contribution is -0.113. The van der Waals surface area contributed by atoms with E-state index in [1.807, 2.05) is 18.2 Å². The molecule has 1 aromatic carbocycles. The van der Waals surface area contributed by atoms with Crippen LogP contribution in [0.4, 0.5) is 5.13 Å². The Kier molecular flexibility index (Phi) is 6.08. The number of benzene rings is 1. The highest BCUT2D eigenvalue weighted by atomic mass is 32.2. The molecule has 3 aromatic rings. The number of aromatic nitrogens is 3. The first kappa shape index (κ1) is 18.2. The smallest absolute Gasteiger partial charge is 0.277 e. The summed E-state index contributed by atoms with van der Waals surface area (Å²) in [7, 11) is 3.17. The molecule has 0 radical (unpaired) electrons. The Hall–Kier alpha value is -2.59. The van der Waals surface area contributed by atoms with Crippen LogP contribution >= 0.6 is 23.1 Å². The van der Waals surface area contributed by atoms with E-state index in [0.29, 0.717) is 34.2 Å². The van der Waals surface area contributed by atoms with Crippen LogP contribution in [0.5, 0.6) is 11.5 Å². The predicted octanol–water partition coefficient (Wildman–Crippen LogP) is 2.86. The van der Waals surface area contributed by atoms with Crippen LogP contribution in [-0.4, -0.2) is 41.1 Å². The van der Waals surface area contributed by atoms with Crippen LogP contribution in [0, 0.1) is 0 Å². The van der Waals surface area contributed by atoms with Gasteiger partial charge in [-0.2, -0.15) is 0 Å². The quantitative estimate of drug-likeness (QED) is 0.584. The summed E-state index contributed by atoms with van der Waals surface area (Å²) in [5, 5.41) is 13.4. The second-order valence-electron chi connectivity index (χ2n) is 5.00. The van der Waals surface area contributed by atoms with E-state index in [0.717, 1.165) is 5.56 Å².